The molecular formula is C11H11BrN2O2S. The minimum atomic E-state index is -0.269. The topological polar surface area (TPSA) is 49.4 Å². The predicted octanol–water partition coefficient (Wildman–Crippen LogP) is 1.33. The molecule has 0 radical (unpaired) electrons. The number of carbonyl (C=O) groups excluding carboxylic acids is 2. The quantitative estimate of drug-likeness (QED) is 0.852. The van der Waals surface area contributed by atoms with E-state index in [-0.39, 0.29) is 24.9 Å². The number of likely N-dealkylation sites (N-methyl/N-ethyl adjacent to an activating group) is 1. The van der Waals surface area contributed by atoms with E-state index in [4.69, 9.17) is 6.42 Å². The summed E-state index contributed by atoms with van der Waals surface area (Å²) < 4.78 is 0.881. The summed E-state index contributed by atoms with van der Waals surface area (Å²) in [5.41, 5.74) is 0. The summed E-state index contributed by atoms with van der Waals surface area (Å²) in [6.07, 6.45) is 5.01. The molecule has 0 atom stereocenters. The maximum absolute atomic E-state index is 11.9. The van der Waals surface area contributed by atoms with Gasteiger partial charge in [0, 0.05) is 7.05 Å². The first-order chi connectivity index (χ1) is 8.04. The van der Waals surface area contributed by atoms with Crippen LogP contribution in [0.15, 0.2) is 15.9 Å². The fourth-order valence-electron chi connectivity index (χ4n) is 1.11. The Hall–Kier alpha value is -1.32. The summed E-state index contributed by atoms with van der Waals surface area (Å²) >= 11 is 4.61. The van der Waals surface area contributed by atoms with E-state index in [1.54, 1.807) is 19.2 Å². The number of amides is 2. The van der Waals surface area contributed by atoms with Gasteiger partial charge in [0.15, 0.2) is 0 Å². The van der Waals surface area contributed by atoms with E-state index in [1.807, 2.05) is 0 Å². The van der Waals surface area contributed by atoms with Gasteiger partial charge in [-0.1, -0.05) is 5.92 Å². The third kappa shape index (κ3) is 4.21. The molecule has 0 spiro atoms. The number of hydrogen-bond donors (Lipinski definition) is 1. The van der Waals surface area contributed by atoms with Crippen molar-refractivity contribution in [3.05, 3.63) is 20.8 Å². The first-order valence-corrected chi connectivity index (χ1v) is 6.36. The number of rotatable bonds is 4. The van der Waals surface area contributed by atoms with Crippen molar-refractivity contribution in [3.63, 3.8) is 0 Å². The molecule has 2 amide bonds. The van der Waals surface area contributed by atoms with E-state index < -0.39 is 0 Å². The minimum Gasteiger partial charge on any atom is -0.344 e. The third-order valence-corrected chi connectivity index (χ3v) is 3.51. The Balaban J connectivity index is 2.53. The number of carbonyl (C=O) groups is 2. The van der Waals surface area contributed by atoms with Crippen LogP contribution >= 0.6 is 27.3 Å². The Morgan fingerprint density at radius 1 is 1.59 bits per heavy atom. The van der Waals surface area contributed by atoms with Crippen LogP contribution in [-0.2, 0) is 4.79 Å². The molecule has 6 heteroatoms. The van der Waals surface area contributed by atoms with Crippen molar-refractivity contribution in [1.29, 1.82) is 0 Å². The highest BCUT2D eigenvalue weighted by molar-refractivity contribution is 9.11. The van der Waals surface area contributed by atoms with Crippen molar-refractivity contribution < 1.29 is 9.59 Å². The van der Waals surface area contributed by atoms with Crippen molar-refractivity contribution in [2.75, 3.05) is 20.1 Å². The molecule has 17 heavy (non-hydrogen) atoms. The van der Waals surface area contributed by atoms with E-state index in [2.05, 4.69) is 27.2 Å². The molecule has 0 aliphatic carbocycles. The Bertz CT molecular complexity index is 464. The fraction of sp³-hybridized carbons (Fsp3) is 0.273. The van der Waals surface area contributed by atoms with Crippen LogP contribution in [0.5, 0.6) is 0 Å². The zero-order chi connectivity index (χ0) is 12.8. The number of thiophene rings is 1. The zero-order valence-corrected chi connectivity index (χ0v) is 11.6. The molecule has 90 valence electrons. The molecule has 0 saturated heterocycles. The molecule has 0 fully saturated rings. The molecule has 4 nitrogen and oxygen atoms in total. The van der Waals surface area contributed by atoms with Gasteiger partial charge in [-0.2, -0.15) is 0 Å². The van der Waals surface area contributed by atoms with Gasteiger partial charge in [0.1, 0.15) is 0 Å². The van der Waals surface area contributed by atoms with Crippen molar-refractivity contribution in [1.82, 2.24) is 10.2 Å². The van der Waals surface area contributed by atoms with Crippen LogP contribution in [0.1, 0.15) is 9.67 Å². The van der Waals surface area contributed by atoms with Crippen LogP contribution in [0.4, 0.5) is 0 Å². The first-order valence-electron chi connectivity index (χ1n) is 4.75. The molecular weight excluding hydrogens is 304 g/mol. The van der Waals surface area contributed by atoms with Crippen molar-refractivity contribution >= 4 is 39.1 Å². The van der Waals surface area contributed by atoms with Crippen LogP contribution in [0, 0.1) is 12.3 Å². The Morgan fingerprint density at radius 3 is 2.82 bits per heavy atom. The molecule has 0 bridgehead atoms. The van der Waals surface area contributed by atoms with Crippen LogP contribution in [0.25, 0.3) is 0 Å². The second-order valence-corrected chi connectivity index (χ2v) is 5.71. The number of terminal acetylenes is 1. The normalized spacial score (nSPS) is 9.47. The van der Waals surface area contributed by atoms with Gasteiger partial charge in [0.2, 0.25) is 5.91 Å². The summed E-state index contributed by atoms with van der Waals surface area (Å²) in [6.45, 7) is 0.168. The van der Waals surface area contributed by atoms with Crippen molar-refractivity contribution in [2.45, 2.75) is 0 Å². The fourth-order valence-corrected chi connectivity index (χ4v) is 2.49. The maximum Gasteiger partial charge on any atom is 0.264 e. The van der Waals surface area contributed by atoms with E-state index in [0.717, 1.165) is 3.79 Å². The lowest BCUT2D eigenvalue weighted by Crippen LogP contribution is -2.38. The van der Waals surface area contributed by atoms with Gasteiger partial charge in [0.05, 0.1) is 21.8 Å². The molecule has 0 aliphatic heterocycles. The van der Waals surface area contributed by atoms with Gasteiger partial charge in [0.25, 0.3) is 5.91 Å². The molecule has 0 unspecified atom stereocenters. The summed E-state index contributed by atoms with van der Waals surface area (Å²) in [5.74, 6) is 1.84. The largest absolute Gasteiger partial charge is 0.344 e. The maximum atomic E-state index is 11.9. The monoisotopic (exact) mass is 314 g/mol. The average Bonchev–Trinajstić information content (AvgIpc) is 2.72. The predicted molar refractivity (Wildman–Crippen MR) is 70.8 cm³/mol. The van der Waals surface area contributed by atoms with Crippen LogP contribution < -0.4 is 5.32 Å². The molecule has 0 aliphatic rings. The van der Waals surface area contributed by atoms with Gasteiger partial charge in [-0.15, -0.1) is 17.8 Å². The van der Waals surface area contributed by atoms with Gasteiger partial charge < -0.3 is 10.2 Å². The molecule has 1 rings (SSSR count). The van der Waals surface area contributed by atoms with Crippen molar-refractivity contribution in [3.8, 4) is 12.3 Å². The lowest BCUT2D eigenvalue weighted by molar-refractivity contribution is -0.121. The molecule has 1 N–H and O–H groups in total. The van der Waals surface area contributed by atoms with Gasteiger partial charge >= 0.3 is 0 Å². The SMILES string of the molecule is C#CCNC(=O)CN(C)C(=O)c1ccc(Br)s1. The van der Waals surface area contributed by atoms with Gasteiger partial charge in [-0.05, 0) is 28.1 Å². The van der Waals surface area contributed by atoms with E-state index in [0.29, 0.717) is 4.88 Å². The molecule has 1 aromatic heterocycles. The highest BCUT2D eigenvalue weighted by Crippen LogP contribution is 2.22. The highest BCUT2D eigenvalue weighted by Gasteiger charge is 2.16. The average molecular weight is 315 g/mol. The van der Waals surface area contributed by atoms with Crippen molar-refractivity contribution in [2.24, 2.45) is 0 Å². The standard InChI is InChI=1S/C11H11BrN2O2S/c1-3-6-13-10(15)7-14(2)11(16)8-4-5-9(12)17-8/h1,4-5H,6-7H2,2H3,(H,13,15). The summed E-state index contributed by atoms with van der Waals surface area (Å²) in [5, 5.41) is 2.50. The summed E-state index contributed by atoms with van der Waals surface area (Å²) in [6, 6.07) is 3.51. The second kappa shape index (κ2) is 6.42. The Morgan fingerprint density at radius 2 is 2.29 bits per heavy atom. The first kappa shape index (κ1) is 13.7. The van der Waals surface area contributed by atoms with Gasteiger partial charge in [-0.25, -0.2) is 0 Å². The highest BCUT2D eigenvalue weighted by atomic mass is 79.9. The molecule has 1 aromatic rings. The smallest absolute Gasteiger partial charge is 0.264 e. The van der Waals surface area contributed by atoms with Crippen LogP contribution in [0.3, 0.4) is 0 Å². The second-order valence-electron chi connectivity index (χ2n) is 3.25. The van der Waals surface area contributed by atoms with Crippen LogP contribution in [0.2, 0.25) is 0 Å². The van der Waals surface area contributed by atoms with E-state index in [1.165, 1.54) is 16.2 Å². The van der Waals surface area contributed by atoms with E-state index >= 15 is 0 Å². The molecule has 0 aromatic carbocycles. The summed E-state index contributed by atoms with van der Waals surface area (Å²) in [7, 11) is 1.57. The minimum absolute atomic E-state index is 0.00394. The number of nitrogens with zero attached hydrogens (tertiary/aromatic N) is 1. The Labute approximate surface area is 112 Å². The molecule has 1 heterocycles. The number of nitrogens with one attached hydrogen (secondary N) is 1. The lowest BCUT2D eigenvalue weighted by atomic mass is 10.4. The van der Waals surface area contributed by atoms with Gasteiger partial charge in [-0.3, -0.25) is 9.59 Å². The zero-order valence-electron chi connectivity index (χ0n) is 9.20. The summed E-state index contributed by atoms with van der Waals surface area (Å²) in [4.78, 5) is 25.1. The van der Waals surface area contributed by atoms with E-state index in [9.17, 15) is 9.59 Å². The lowest BCUT2D eigenvalue weighted by Gasteiger charge is -2.15. The van der Waals surface area contributed by atoms with Crippen LogP contribution in [-0.4, -0.2) is 36.9 Å². The molecule has 0 saturated carbocycles. The third-order valence-electron chi connectivity index (χ3n) is 1.90. The Kier molecular flexibility index (Phi) is 5.19. The number of halogens is 1. The number of hydrogen-bond acceptors (Lipinski definition) is 3.